The van der Waals surface area contributed by atoms with Crippen LogP contribution in [0.3, 0.4) is 0 Å². The van der Waals surface area contributed by atoms with Gasteiger partial charge in [0.05, 0.1) is 32.6 Å². The number of carbonyl (C=O) groups excluding carboxylic acids is 3. The second-order valence-corrected chi connectivity index (χ2v) is 6.08. The fraction of sp³-hybridized carbons (Fsp3) is 0.273. The van der Waals surface area contributed by atoms with Gasteiger partial charge in [-0.05, 0) is 37.3 Å². The summed E-state index contributed by atoms with van der Waals surface area (Å²) >= 11 is 0. The first-order valence-corrected chi connectivity index (χ1v) is 9.29. The van der Waals surface area contributed by atoms with Crippen molar-refractivity contribution < 1.29 is 33.3 Å². The summed E-state index contributed by atoms with van der Waals surface area (Å²) < 4.78 is 20.4. The standard InChI is InChI=1S/C22H22N2O7/c1-4-30-17-8-6-5-7-16(17)24-22(27)15(12-23)21(26)14-9-10-18(28-2)19(11-14)31-13-20(25)29-3/h5-11,15H,4,13H2,1-3H3,(H,24,27). The number of hydrogen-bond donors (Lipinski definition) is 1. The van der Waals surface area contributed by atoms with E-state index in [-0.39, 0.29) is 17.1 Å². The third-order valence-corrected chi connectivity index (χ3v) is 4.12. The minimum atomic E-state index is -1.61. The number of para-hydroxylation sites is 2. The number of Topliss-reactive ketones (excluding diaryl/α,β-unsaturated/α-hetero) is 1. The number of amides is 1. The average molecular weight is 426 g/mol. The number of esters is 1. The maximum absolute atomic E-state index is 12.9. The molecule has 1 atom stereocenters. The van der Waals surface area contributed by atoms with Gasteiger partial charge in [0.15, 0.2) is 29.8 Å². The van der Waals surface area contributed by atoms with E-state index in [1.165, 1.54) is 32.4 Å². The Morgan fingerprint density at radius 2 is 1.77 bits per heavy atom. The lowest BCUT2D eigenvalue weighted by atomic mass is 9.97. The van der Waals surface area contributed by atoms with Crippen LogP contribution in [0.1, 0.15) is 17.3 Å². The maximum atomic E-state index is 12.9. The molecule has 1 unspecified atom stereocenters. The highest BCUT2D eigenvalue weighted by atomic mass is 16.6. The van der Waals surface area contributed by atoms with Crippen molar-refractivity contribution in [2.45, 2.75) is 6.92 Å². The van der Waals surface area contributed by atoms with Crippen molar-refractivity contribution in [3.05, 3.63) is 48.0 Å². The van der Waals surface area contributed by atoms with Crippen LogP contribution in [-0.2, 0) is 14.3 Å². The highest BCUT2D eigenvalue weighted by Crippen LogP contribution is 2.30. The van der Waals surface area contributed by atoms with Gasteiger partial charge < -0.3 is 24.3 Å². The summed E-state index contributed by atoms with van der Waals surface area (Å²) in [6.07, 6.45) is 0. The molecule has 0 spiro atoms. The second kappa shape index (κ2) is 11.2. The summed E-state index contributed by atoms with van der Waals surface area (Å²) in [7, 11) is 2.60. The van der Waals surface area contributed by atoms with Crippen LogP contribution in [-0.4, -0.2) is 45.1 Å². The zero-order valence-corrected chi connectivity index (χ0v) is 17.3. The van der Waals surface area contributed by atoms with Crippen molar-refractivity contribution in [3.63, 3.8) is 0 Å². The zero-order valence-electron chi connectivity index (χ0n) is 17.3. The Morgan fingerprint density at radius 3 is 2.42 bits per heavy atom. The molecule has 0 aromatic heterocycles. The molecule has 0 heterocycles. The lowest BCUT2D eigenvalue weighted by Gasteiger charge is -2.14. The molecule has 0 bridgehead atoms. The van der Waals surface area contributed by atoms with Gasteiger partial charge in [-0.2, -0.15) is 5.26 Å². The number of nitrogens with one attached hydrogen (secondary N) is 1. The fourth-order valence-electron chi connectivity index (χ4n) is 2.60. The van der Waals surface area contributed by atoms with Gasteiger partial charge in [-0.15, -0.1) is 0 Å². The van der Waals surface area contributed by atoms with Crippen molar-refractivity contribution in [1.82, 2.24) is 0 Å². The smallest absolute Gasteiger partial charge is 0.343 e. The lowest BCUT2D eigenvalue weighted by Crippen LogP contribution is -2.29. The topological polar surface area (TPSA) is 124 Å². The Balaban J connectivity index is 2.24. The van der Waals surface area contributed by atoms with Gasteiger partial charge in [0.2, 0.25) is 5.91 Å². The van der Waals surface area contributed by atoms with Gasteiger partial charge in [0.1, 0.15) is 5.75 Å². The molecule has 1 amide bonds. The molecule has 0 aliphatic heterocycles. The first-order chi connectivity index (χ1) is 14.9. The van der Waals surface area contributed by atoms with Crippen LogP contribution in [0.4, 0.5) is 5.69 Å². The number of hydrogen-bond acceptors (Lipinski definition) is 8. The van der Waals surface area contributed by atoms with Crippen molar-refractivity contribution in [2.24, 2.45) is 5.92 Å². The van der Waals surface area contributed by atoms with E-state index in [1.807, 2.05) is 0 Å². The summed E-state index contributed by atoms with van der Waals surface area (Å²) in [5, 5.41) is 12.0. The van der Waals surface area contributed by atoms with E-state index in [2.05, 4.69) is 10.1 Å². The van der Waals surface area contributed by atoms with Crippen LogP contribution in [0.25, 0.3) is 0 Å². The lowest BCUT2D eigenvalue weighted by molar-refractivity contribution is -0.142. The molecule has 0 fully saturated rings. The van der Waals surface area contributed by atoms with Crippen molar-refractivity contribution in [3.8, 4) is 23.3 Å². The predicted octanol–water partition coefficient (Wildman–Crippen LogP) is 2.61. The Morgan fingerprint density at radius 1 is 1.03 bits per heavy atom. The normalized spacial score (nSPS) is 10.9. The van der Waals surface area contributed by atoms with Crippen LogP contribution in [0, 0.1) is 17.2 Å². The molecular weight excluding hydrogens is 404 g/mol. The average Bonchev–Trinajstić information content (AvgIpc) is 2.79. The highest BCUT2D eigenvalue weighted by molar-refractivity contribution is 6.16. The number of carbonyl (C=O) groups is 3. The number of rotatable bonds is 10. The molecule has 2 rings (SSSR count). The van der Waals surface area contributed by atoms with Crippen LogP contribution in [0.15, 0.2) is 42.5 Å². The van der Waals surface area contributed by atoms with Crippen LogP contribution < -0.4 is 19.5 Å². The Hall–Kier alpha value is -4.06. The third-order valence-electron chi connectivity index (χ3n) is 4.12. The molecule has 2 aromatic rings. The Labute approximate surface area is 179 Å². The highest BCUT2D eigenvalue weighted by Gasteiger charge is 2.29. The van der Waals surface area contributed by atoms with Gasteiger partial charge in [-0.3, -0.25) is 9.59 Å². The van der Waals surface area contributed by atoms with Crippen LogP contribution in [0.5, 0.6) is 17.2 Å². The molecule has 9 heteroatoms. The number of methoxy groups -OCH3 is 2. The molecule has 9 nitrogen and oxygen atoms in total. The quantitative estimate of drug-likeness (QED) is 0.349. The SMILES string of the molecule is CCOc1ccccc1NC(=O)C(C#N)C(=O)c1ccc(OC)c(OCC(=O)OC)c1. The van der Waals surface area contributed by atoms with Gasteiger partial charge in [-0.25, -0.2) is 4.79 Å². The molecule has 0 aliphatic carbocycles. The number of ketones is 1. The molecule has 31 heavy (non-hydrogen) atoms. The molecular formula is C22H22N2O7. The molecule has 0 radical (unpaired) electrons. The first-order valence-electron chi connectivity index (χ1n) is 9.29. The maximum Gasteiger partial charge on any atom is 0.343 e. The monoisotopic (exact) mass is 426 g/mol. The summed E-state index contributed by atoms with van der Waals surface area (Å²) in [5.74, 6) is -2.99. The first kappa shape index (κ1) is 23.2. The molecule has 0 saturated carbocycles. The molecule has 162 valence electrons. The summed E-state index contributed by atoms with van der Waals surface area (Å²) in [6.45, 7) is 1.78. The van der Waals surface area contributed by atoms with Gasteiger partial charge in [0, 0.05) is 5.56 Å². The van der Waals surface area contributed by atoms with Gasteiger partial charge in [0.25, 0.3) is 0 Å². The molecule has 0 saturated heterocycles. The number of nitrogens with zero attached hydrogens (tertiary/aromatic N) is 1. The van der Waals surface area contributed by atoms with E-state index in [9.17, 15) is 19.6 Å². The van der Waals surface area contributed by atoms with E-state index >= 15 is 0 Å². The second-order valence-electron chi connectivity index (χ2n) is 6.08. The molecule has 0 aliphatic rings. The minimum Gasteiger partial charge on any atom is -0.493 e. The van der Waals surface area contributed by atoms with Crippen LogP contribution in [0.2, 0.25) is 0 Å². The summed E-state index contributed by atoms with van der Waals surface area (Å²) in [6, 6.07) is 12.6. The number of benzene rings is 2. The minimum absolute atomic E-state index is 0.0421. The zero-order chi connectivity index (χ0) is 22.8. The summed E-state index contributed by atoms with van der Waals surface area (Å²) in [4.78, 5) is 36.8. The molecule has 2 aromatic carbocycles. The number of ether oxygens (including phenoxy) is 4. The van der Waals surface area contributed by atoms with E-state index in [0.29, 0.717) is 18.0 Å². The largest absolute Gasteiger partial charge is 0.493 e. The van der Waals surface area contributed by atoms with E-state index < -0.39 is 30.2 Å². The van der Waals surface area contributed by atoms with Crippen molar-refractivity contribution >= 4 is 23.3 Å². The third kappa shape index (κ3) is 5.96. The van der Waals surface area contributed by atoms with Gasteiger partial charge >= 0.3 is 5.97 Å². The van der Waals surface area contributed by atoms with Crippen molar-refractivity contribution in [1.29, 1.82) is 5.26 Å². The van der Waals surface area contributed by atoms with E-state index in [0.717, 1.165) is 0 Å². The molecule has 1 N–H and O–H groups in total. The number of anilines is 1. The summed E-state index contributed by atoms with van der Waals surface area (Å²) in [5.41, 5.74) is 0.389. The number of nitriles is 1. The van der Waals surface area contributed by atoms with Crippen molar-refractivity contribution in [2.75, 3.05) is 32.8 Å². The van der Waals surface area contributed by atoms with Gasteiger partial charge in [-0.1, -0.05) is 12.1 Å². The predicted molar refractivity (Wildman–Crippen MR) is 110 cm³/mol. The van der Waals surface area contributed by atoms with E-state index in [4.69, 9.17) is 14.2 Å². The van der Waals surface area contributed by atoms with Crippen LogP contribution >= 0.6 is 0 Å². The van der Waals surface area contributed by atoms with E-state index in [1.54, 1.807) is 37.3 Å². The Bertz CT molecular complexity index is 998. The fourth-order valence-corrected chi connectivity index (χ4v) is 2.60. The Kier molecular flexibility index (Phi) is 8.40.